The molecule has 0 aromatic carbocycles. The van der Waals surface area contributed by atoms with Crippen LogP contribution in [0.15, 0.2) is 18.3 Å². The number of anilines is 1. The minimum absolute atomic E-state index is 0.0805. The molecule has 1 fully saturated rings. The van der Waals surface area contributed by atoms with E-state index in [0.29, 0.717) is 12.5 Å². The molecule has 2 rings (SSSR count). The van der Waals surface area contributed by atoms with Crippen molar-refractivity contribution in [1.29, 1.82) is 0 Å². The summed E-state index contributed by atoms with van der Waals surface area (Å²) in [4.78, 5) is 18.3. The van der Waals surface area contributed by atoms with E-state index in [1.54, 1.807) is 6.20 Å². The molecular formula is C12H16IN3O. The summed E-state index contributed by atoms with van der Waals surface area (Å²) in [5.41, 5.74) is 0.891. The van der Waals surface area contributed by atoms with Gasteiger partial charge in [0.25, 0.3) is 0 Å². The Labute approximate surface area is 115 Å². The van der Waals surface area contributed by atoms with Crippen molar-refractivity contribution < 1.29 is 4.79 Å². The average molecular weight is 345 g/mol. The molecule has 1 aromatic rings. The summed E-state index contributed by atoms with van der Waals surface area (Å²) in [5.74, 6) is 0.455. The molecule has 17 heavy (non-hydrogen) atoms. The lowest BCUT2D eigenvalue weighted by Gasteiger charge is -2.34. The third-order valence-electron chi connectivity index (χ3n) is 2.92. The first kappa shape index (κ1) is 12.8. The lowest BCUT2D eigenvalue weighted by Crippen LogP contribution is -2.57. The predicted molar refractivity (Wildman–Crippen MR) is 75.9 cm³/mol. The molecule has 1 N–H and O–H groups in total. The second-order valence-corrected chi connectivity index (χ2v) is 5.61. The first-order chi connectivity index (χ1) is 8.09. The van der Waals surface area contributed by atoms with Gasteiger partial charge in [0.15, 0.2) is 0 Å². The van der Waals surface area contributed by atoms with Crippen molar-refractivity contribution in [3.05, 3.63) is 22.0 Å². The van der Waals surface area contributed by atoms with E-state index in [9.17, 15) is 4.79 Å². The van der Waals surface area contributed by atoms with Gasteiger partial charge in [0.05, 0.1) is 17.9 Å². The molecule has 4 nitrogen and oxygen atoms in total. The molecule has 2 heterocycles. The maximum atomic E-state index is 12.3. The average Bonchev–Trinajstić information content (AvgIpc) is 2.30. The molecule has 1 atom stereocenters. The Balaban J connectivity index is 2.20. The molecule has 0 unspecified atom stereocenters. The Hall–Kier alpha value is -0.690. The third-order valence-corrected chi connectivity index (χ3v) is 3.56. The van der Waals surface area contributed by atoms with Crippen molar-refractivity contribution in [2.24, 2.45) is 5.92 Å². The molecule has 0 aliphatic carbocycles. The van der Waals surface area contributed by atoms with Gasteiger partial charge in [-0.15, -0.1) is 0 Å². The topological polar surface area (TPSA) is 45.2 Å². The number of nitrogens with one attached hydrogen (secondary N) is 1. The Morgan fingerprint density at radius 1 is 1.53 bits per heavy atom. The van der Waals surface area contributed by atoms with Crippen molar-refractivity contribution in [1.82, 2.24) is 10.3 Å². The summed E-state index contributed by atoms with van der Waals surface area (Å²) in [7, 11) is 0. The second-order valence-electron chi connectivity index (χ2n) is 4.50. The Morgan fingerprint density at radius 3 is 2.88 bits per heavy atom. The van der Waals surface area contributed by atoms with Crippen LogP contribution in [0.5, 0.6) is 0 Å². The van der Waals surface area contributed by atoms with Crippen LogP contribution in [0.1, 0.15) is 13.8 Å². The minimum Gasteiger partial charge on any atom is -0.308 e. The lowest BCUT2D eigenvalue weighted by molar-refractivity contribution is -0.122. The smallest absolute Gasteiger partial charge is 0.244 e. The Bertz CT molecular complexity index is 405. The van der Waals surface area contributed by atoms with Crippen LogP contribution in [0.2, 0.25) is 0 Å². The summed E-state index contributed by atoms with van der Waals surface area (Å²) in [6.45, 7) is 5.67. The molecule has 0 radical (unpaired) electrons. The summed E-state index contributed by atoms with van der Waals surface area (Å²) < 4.78 is 0.939. The number of amides is 1. The van der Waals surface area contributed by atoms with Crippen LogP contribution in [0.3, 0.4) is 0 Å². The van der Waals surface area contributed by atoms with Crippen LogP contribution in [0.4, 0.5) is 5.69 Å². The molecule has 92 valence electrons. The molecule has 1 aliphatic rings. The number of pyridine rings is 1. The van der Waals surface area contributed by atoms with Gasteiger partial charge in [0.2, 0.25) is 5.91 Å². The fraction of sp³-hybridized carbons (Fsp3) is 0.500. The standard InChI is InChI=1S/C12H16IN3O/c1-8(2)11-12(17)16(6-5-14-11)9-3-4-10(13)15-7-9/h3-4,7-8,11,14H,5-6H2,1-2H3/t11-/m0/s1. The van der Waals surface area contributed by atoms with E-state index in [2.05, 4.69) is 46.7 Å². The zero-order valence-electron chi connectivity index (χ0n) is 9.98. The van der Waals surface area contributed by atoms with Crippen molar-refractivity contribution >= 4 is 34.2 Å². The number of rotatable bonds is 2. The third kappa shape index (κ3) is 2.77. The van der Waals surface area contributed by atoms with E-state index in [1.807, 2.05) is 17.0 Å². The highest BCUT2D eigenvalue weighted by atomic mass is 127. The van der Waals surface area contributed by atoms with Crippen LogP contribution in [-0.4, -0.2) is 30.0 Å². The Kier molecular flexibility index (Phi) is 3.98. The number of nitrogens with zero attached hydrogens (tertiary/aromatic N) is 2. The highest BCUT2D eigenvalue weighted by Gasteiger charge is 2.31. The SMILES string of the molecule is CC(C)[C@@H]1NCCN(c2ccc(I)nc2)C1=O. The molecule has 0 saturated carbocycles. The van der Waals surface area contributed by atoms with Gasteiger partial charge >= 0.3 is 0 Å². The number of carbonyl (C=O) groups excluding carboxylic acids is 1. The number of halogens is 1. The summed E-state index contributed by atoms with van der Waals surface area (Å²) in [6, 6.07) is 3.80. The molecule has 5 heteroatoms. The highest BCUT2D eigenvalue weighted by Crippen LogP contribution is 2.19. The molecule has 1 saturated heterocycles. The summed E-state index contributed by atoms with van der Waals surface area (Å²) in [6.07, 6.45) is 1.77. The van der Waals surface area contributed by atoms with Crippen molar-refractivity contribution in [3.63, 3.8) is 0 Å². The molecular weight excluding hydrogens is 329 g/mol. The monoisotopic (exact) mass is 345 g/mol. The zero-order chi connectivity index (χ0) is 12.4. The normalized spacial score (nSPS) is 21.1. The molecule has 1 aliphatic heterocycles. The van der Waals surface area contributed by atoms with Gasteiger partial charge in [0.1, 0.15) is 3.70 Å². The number of hydrogen-bond donors (Lipinski definition) is 1. The molecule has 1 amide bonds. The fourth-order valence-corrected chi connectivity index (χ4v) is 2.32. The number of hydrogen-bond acceptors (Lipinski definition) is 3. The Morgan fingerprint density at radius 2 is 2.29 bits per heavy atom. The van der Waals surface area contributed by atoms with Crippen LogP contribution < -0.4 is 10.2 Å². The van der Waals surface area contributed by atoms with Crippen LogP contribution in [0, 0.1) is 9.62 Å². The number of piperazine rings is 1. The first-order valence-electron chi connectivity index (χ1n) is 5.76. The minimum atomic E-state index is -0.0805. The van der Waals surface area contributed by atoms with Crippen LogP contribution in [0.25, 0.3) is 0 Å². The number of carbonyl (C=O) groups is 1. The van der Waals surface area contributed by atoms with E-state index in [0.717, 1.165) is 15.9 Å². The molecule has 0 spiro atoms. The lowest BCUT2D eigenvalue weighted by atomic mass is 10.0. The van der Waals surface area contributed by atoms with Crippen molar-refractivity contribution in [2.75, 3.05) is 18.0 Å². The molecule has 0 bridgehead atoms. The van der Waals surface area contributed by atoms with Crippen LogP contribution in [-0.2, 0) is 4.79 Å². The predicted octanol–water partition coefficient (Wildman–Crippen LogP) is 1.65. The van der Waals surface area contributed by atoms with Gasteiger partial charge in [-0.3, -0.25) is 4.79 Å². The molecule has 1 aromatic heterocycles. The van der Waals surface area contributed by atoms with Gasteiger partial charge in [-0.1, -0.05) is 13.8 Å². The second kappa shape index (κ2) is 5.30. The van der Waals surface area contributed by atoms with E-state index in [1.165, 1.54) is 0 Å². The maximum Gasteiger partial charge on any atom is 0.244 e. The van der Waals surface area contributed by atoms with Gasteiger partial charge in [-0.25, -0.2) is 4.98 Å². The largest absolute Gasteiger partial charge is 0.308 e. The quantitative estimate of drug-likeness (QED) is 0.655. The van der Waals surface area contributed by atoms with Gasteiger partial charge in [0, 0.05) is 13.1 Å². The summed E-state index contributed by atoms with van der Waals surface area (Å²) in [5, 5.41) is 3.27. The van der Waals surface area contributed by atoms with E-state index in [-0.39, 0.29) is 11.9 Å². The maximum absolute atomic E-state index is 12.3. The van der Waals surface area contributed by atoms with Gasteiger partial charge in [-0.2, -0.15) is 0 Å². The van der Waals surface area contributed by atoms with E-state index in [4.69, 9.17) is 0 Å². The fourth-order valence-electron chi connectivity index (χ4n) is 2.00. The van der Waals surface area contributed by atoms with Crippen molar-refractivity contribution in [2.45, 2.75) is 19.9 Å². The van der Waals surface area contributed by atoms with E-state index >= 15 is 0 Å². The number of aromatic nitrogens is 1. The highest BCUT2D eigenvalue weighted by molar-refractivity contribution is 14.1. The van der Waals surface area contributed by atoms with Gasteiger partial charge < -0.3 is 10.2 Å². The summed E-state index contributed by atoms with van der Waals surface area (Å²) >= 11 is 2.16. The van der Waals surface area contributed by atoms with E-state index < -0.39 is 0 Å². The van der Waals surface area contributed by atoms with Crippen molar-refractivity contribution in [3.8, 4) is 0 Å². The van der Waals surface area contributed by atoms with Crippen LogP contribution >= 0.6 is 22.6 Å². The van der Waals surface area contributed by atoms with Gasteiger partial charge in [-0.05, 0) is 40.6 Å². The first-order valence-corrected chi connectivity index (χ1v) is 6.84. The zero-order valence-corrected chi connectivity index (χ0v) is 12.1.